The van der Waals surface area contributed by atoms with Gasteiger partial charge in [0.2, 0.25) is 0 Å². The summed E-state index contributed by atoms with van der Waals surface area (Å²) < 4.78 is 20.8. The van der Waals surface area contributed by atoms with E-state index in [1.165, 1.54) is 6.07 Å². The molecule has 1 aromatic carbocycles. The van der Waals surface area contributed by atoms with Crippen LogP contribution in [0.25, 0.3) is 0 Å². The molecule has 0 saturated carbocycles. The maximum atomic E-state index is 10.4. The summed E-state index contributed by atoms with van der Waals surface area (Å²) in [5.74, 6) is -0.166. The van der Waals surface area contributed by atoms with Crippen molar-refractivity contribution in [1.82, 2.24) is 0 Å². The Hall–Kier alpha value is 0.766. The molecule has 0 spiro atoms. The predicted molar refractivity (Wildman–Crippen MR) is 40.0 cm³/mol. The summed E-state index contributed by atoms with van der Waals surface area (Å²) in [5, 5.41) is 9.17. The fraction of sp³-hybridized carbons (Fsp3) is 0.143. The molecule has 1 unspecified atom stereocenters. The van der Waals surface area contributed by atoms with E-state index in [4.69, 9.17) is 0 Å². The molecule has 0 aromatic heterocycles. The van der Waals surface area contributed by atoms with Gasteiger partial charge in [-0.2, -0.15) is 0 Å². The Bertz CT molecular complexity index is 301. The minimum Gasteiger partial charge on any atom is -0.768 e. The van der Waals surface area contributed by atoms with Gasteiger partial charge >= 0.3 is 51.4 Å². The van der Waals surface area contributed by atoms with E-state index in [-0.39, 0.29) is 62.0 Å². The molecule has 0 fully saturated rings. The van der Waals surface area contributed by atoms with Gasteiger partial charge < -0.3 is 9.66 Å². The summed E-state index contributed by atoms with van der Waals surface area (Å²) in [6.45, 7) is 1.64. The van der Waals surface area contributed by atoms with Gasteiger partial charge in [0, 0.05) is 0 Å². The molecule has 0 aliphatic carbocycles. The van der Waals surface area contributed by atoms with E-state index in [2.05, 4.69) is 0 Å². The van der Waals surface area contributed by atoms with Crippen molar-refractivity contribution >= 4 is 11.1 Å². The van der Waals surface area contributed by atoms with Crippen LogP contribution in [-0.4, -0.2) is 13.9 Å². The Morgan fingerprint density at radius 3 is 2.50 bits per heavy atom. The summed E-state index contributed by atoms with van der Waals surface area (Å²) in [7, 11) is 0. The van der Waals surface area contributed by atoms with E-state index < -0.39 is 11.1 Å². The summed E-state index contributed by atoms with van der Waals surface area (Å²) in [5.41, 5.74) is 0.562. The van der Waals surface area contributed by atoms with E-state index >= 15 is 0 Å². The number of para-hydroxylation sites is 1. The van der Waals surface area contributed by atoms with Gasteiger partial charge in [-0.25, -0.2) is 0 Å². The smallest absolute Gasteiger partial charge is 0.768 e. The average molecular weight is 210 g/mol. The molecule has 1 aromatic rings. The molecular weight excluding hydrogens is 203 g/mol. The van der Waals surface area contributed by atoms with Gasteiger partial charge in [-0.1, -0.05) is 12.1 Å². The van der Waals surface area contributed by atoms with Crippen molar-refractivity contribution in [3.63, 3.8) is 0 Å². The van der Waals surface area contributed by atoms with Crippen LogP contribution in [0, 0.1) is 6.92 Å². The molecule has 0 heterocycles. The maximum absolute atomic E-state index is 10.4. The molecule has 0 bridgehead atoms. The van der Waals surface area contributed by atoms with Crippen molar-refractivity contribution in [1.29, 1.82) is 0 Å². The average Bonchev–Trinajstić information content (AvgIpc) is 1.94. The molecule has 0 aliphatic heterocycles. The molecule has 0 aliphatic rings. The number of hydrogen-bond donors (Lipinski definition) is 1. The van der Waals surface area contributed by atoms with Crippen LogP contribution in [0.1, 0.15) is 5.56 Å². The zero-order valence-electron chi connectivity index (χ0n) is 6.90. The van der Waals surface area contributed by atoms with Crippen molar-refractivity contribution in [2.45, 2.75) is 11.8 Å². The third kappa shape index (κ3) is 2.92. The molecule has 12 heavy (non-hydrogen) atoms. The number of hydrogen-bond acceptors (Lipinski definition) is 3. The summed E-state index contributed by atoms with van der Waals surface area (Å²) >= 11 is -2.35. The van der Waals surface area contributed by atoms with Crippen molar-refractivity contribution in [3.05, 3.63) is 23.8 Å². The number of aryl methyl sites for hydroxylation is 1. The second-order valence-electron chi connectivity index (χ2n) is 2.16. The van der Waals surface area contributed by atoms with Crippen molar-refractivity contribution in [2.75, 3.05) is 0 Å². The van der Waals surface area contributed by atoms with E-state index in [1.54, 1.807) is 19.1 Å². The largest absolute Gasteiger partial charge is 1.00 e. The van der Waals surface area contributed by atoms with Crippen LogP contribution < -0.4 is 51.4 Å². The van der Waals surface area contributed by atoms with E-state index in [0.29, 0.717) is 5.56 Å². The van der Waals surface area contributed by atoms with E-state index in [1.807, 2.05) is 0 Å². The molecule has 0 radical (unpaired) electrons. The molecule has 60 valence electrons. The number of phenols is 1. The molecular formula is C7H7KO3S. The molecule has 1 rings (SSSR count). The van der Waals surface area contributed by atoms with Crippen LogP contribution in [0.5, 0.6) is 5.75 Å². The number of rotatable bonds is 1. The fourth-order valence-electron chi connectivity index (χ4n) is 0.767. The number of aromatic hydroxyl groups is 1. The molecule has 3 nitrogen and oxygen atoms in total. The molecule has 1 atom stereocenters. The Kier molecular flexibility index (Phi) is 5.84. The van der Waals surface area contributed by atoms with E-state index in [9.17, 15) is 13.9 Å². The van der Waals surface area contributed by atoms with Gasteiger partial charge in [-0.3, -0.25) is 4.21 Å². The van der Waals surface area contributed by atoms with Crippen molar-refractivity contribution in [3.8, 4) is 5.75 Å². The predicted octanol–water partition coefficient (Wildman–Crippen LogP) is -2.06. The fourth-order valence-corrected chi connectivity index (χ4v) is 1.28. The zero-order chi connectivity index (χ0) is 8.43. The van der Waals surface area contributed by atoms with Crippen LogP contribution in [0.4, 0.5) is 0 Å². The summed E-state index contributed by atoms with van der Waals surface area (Å²) in [6.07, 6.45) is 0. The second kappa shape index (κ2) is 5.49. The Morgan fingerprint density at radius 1 is 1.50 bits per heavy atom. The Labute approximate surface area is 116 Å². The normalized spacial score (nSPS) is 11.8. The number of phenolic OH excluding ortho intramolecular Hbond substituents is 1. The summed E-state index contributed by atoms with van der Waals surface area (Å²) in [6, 6.07) is 4.58. The standard InChI is InChI=1S/C7H8O3S.K/c1-5-3-2-4-6(7(5)8)11(9)10;/h2-4,8H,1H3,(H,9,10);/q;+1/p-1. The molecule has 0 amide bonds. The first-order valence-electron chi connectivity index (χ1n) is 3.01. The van der Waals surface area contributed by atoms with Crippen LogP contribution in [0.2, 0.25) is 0 Å². The Morgan fingerprint density at radius 2 is 2.08 bits per heavy atom. The van der Waals surface area contributed by atoms with E-state index in [0.717, 1.165) is 0 Å². The zero-order valence-corrected chi connectivity index (χ0v) is 10.8. The van der Waals surface area contributed by atoms with Gasteiger partial charge in [0.15, 0.2) is 0 Å². The first kappa shape index (κ1) is 12.8. The SMILES string of the molecule is Cc1cccc(S(=O)[O-])c1O.[K+]. The first-order chi connectivity index (χ1) is 5.13. The summed E-state index contributed by atoms with van der Waals surface area (Å²) in [4.78, 5) is -0.0509. The van der Waals surface area contributed by atoms with Gasteiger partial charge in [-0.15, -0.1) is 0 Å². The second-order valence-corrected chi connectivity index (χ2v) is 3.07. The Balaban J connectivity index is 0.00000121. The number of benzene rings is 1. The van der Waals surface area contributed by atoms with Gasteiger partial charge in [-0.05, 0) is 29.6 Å². The van der Waals surface area contributed by atoms with Crippen LogP contribution in [0.3, 0.4) is 0 Å². The minimum absolute atomic E-state index is 0. The maximum Gasteiger partial charge on any atom is 1.00 e. The topological polar surface area (TPSA) is 60.4 Å². The van der Waals surface area contributed by atoms with Crippen LogP contribution >= 0.6 is 0 Å². The van der Waals surface area contributed by atoms with Crippen LogP contribution in [-0.2, 0) is 11.1 Å². The first-order valence-corrected chi connectivity index (χ1v) is 4.08. The molecule has 0 saturated heterocycles. The monoisotopic (exact) mass is 210 g/mol. The third-order valence-corrected chi connectivity index (χ3v) is 2.07. The minimum atomic E-state index is -2.35. The molecule has 1 N–H and O–H groups in total. The van der Waals surface area contributed by atoms with Crippen molar-refractivity contribution < 1.29 is 65.3 Å². The quantitative estimate of drug-likeness (QED) is 0.428. The molecule has 5 heteroatoms. The van der Waals surface area contributed by atoms with Crippen molar-refractivity contribution in [2.24, 2.45) is 0 Å². The van der Waals surface area contributed by atoms with Gasteiger partial charge in [0.1, 0.15) is 5.75 Å². The van der Waals surface area contributed by atoms with Gasteiger partial charge in [0.05, 0.1) is 4.90 Å². The van der Waals surface area contributed by atoms with Gasteiger partial charge in [0.25, 0.3) is 0 Å². The third-order valence-electron chi connectivity index (χ3n) is 1.38. The van der Waals surface area contributed by atoms with Crippen LogP contribution in [0.15, 0.2) is 23.1 Å².